The van der Waals surface area contributed by atoms with Gasteiger partial charge in [0, 0.05) is 0 Å². The molecule has 1 rings (SSSR count). The van der Waals surface area contributed by atoms with Gasteiger partial charge in [-0.15, -0.1) is 0 Å². The molecule has 0 spiro atoms. The molecule has 1 heterocycles. The zero-order valence-electron chi connectivity index (χ0n) is 7.45. The predicted molar refractivity (Wildman–Crippen MR) is 52.4 cm³/mol. The summed E-state index contributed by atoms with van der Waals surface area (Å²) in [5.41, 5.74) is 0.794. The van der Waals surface area contributed by atoms with Gasteiger partial charge in [0.1, 0.15) is 6.07 Å². The molecule has 0 amide bonds. The second-order valence-electron chi connectivity index (χ2n) is 2.50. The van der Waals surface area contributed by atoms with Crippen molar-refractivity contribution >= 4 is 21.9 Å². The van der Waals surface area contributed by atoms with Gasteiger partial charge in [0.2, 0.25) is 0 Å². The summed E-state index contributed by atoms with van der Waals surface area (Å²) in [6.07, 6.45) is 0.0818. The molecule has 72 valence electrons. The summed E-state index contributed by atoms with van der Waals surface area (Å²) in [4.78, 5) is 14.9. The van der Waals surface area contributed by atoms with Crippen molar-refractivity contribution in [2.75, 3.05) is 7.11 Å². The highest BCUT2D eigenvalue weighted by Gasteiger charge is 2.07. The third kappa shape index (κ3) is 2.54. The molecule has 0 saturated carbocycles. The number of halogens is 1. The van der Waals surface area contributed by atoms with Gasteiger partial charge in [-0.2, -0.15) is 5.26 Å². The molecule has 0 radical (unpaired) electrons. The number of hydrogen-bond donors (Lipinski definition) is 0. The molecule has 0 bridgehead atoms. The van der Waals surface area contributed by atoms with E-state index in [-0.39, 0.29) is 18.1 Å². The van der Waals surface area contributed by atoms with Crippen LogP contribution in [0.1, 0.15) is 11.4 Å². The molecule has 5 heteroatoms. The number of aromatic nitrogens is 1. The highest BCUT2D eigenvalue weighted by molar-refractivity contribution is 9.10. The first-order valence-corrected chi connectivity index (χ1v) is 4.59. The van der Waals surface area contributed by atoms with E-state index in [0.29, 0.717) is 10.2 Å². The van der Waals surface area contributed by atoms with E-state index in [2.05, 4.69) is 25.7 Å². The van der Waals surface area contributed by atoms with Crippen molar-refractivity contribution < 1.29 is 9.53 Å². The van der Waals surface area contributed by atoms with Crippen LogP contribution in [0.5, 0.6) is 0 Å². The lowest BCUT2D eigenvalue weighted by Crippen LogP contribution is -2.06. The maximum absolute atomic E-state index is 10.9. The van der Waals surface area contributed by atoms with Gasteiger partial charge in [0.25, 0.3) is 0 Å². The van der Waals surface area contributed by atoms with Gasteiger partial charge < -0.3 is 4.74 Å². The van der Waals surface area contributed by atoms with Gasteiger partial charge in [0.15, 0.2) is 5.69 Å². The fraction of sp³-hybridized carbons (Fsp3) is 0.222. The SMILES string of the molecule is COC(=O)Cc1ccc(Br)c(C#N)n1. The molecule has 0 aliphatic rings. The monoisotopic (exact) mass is 254 g/mol. The van der Waals surface area contributed by atoms with Crippen LogP contribution < -0.4 is 0 Å². The summed E-state index contributed by atoms with van der Waals surface area (Å²) >= 11 is 3.17. The molecule has 0 aliphatic heterocycles. The van der Waals surface area contributed by atoms with Gasteiger partial charge >= 0.3 is 5.97 Å². The third-order valence-corrected chi connectivity index (χ3v) is 2.20. The predicted octanol–water partition coefficient (Wildman–Crippen LogP) is 1.43. The molecule has 0 aromatic carbocycles. The smallest absolute Gasteiger partial charge is 0.311 e. The standard InChI is InChI=1S/C9H7BrN2O2/c1-14-9(13)4-6-2-3-7(10)8(5-11)12-6/h2-3H,4H2,1H3. The first-order chi connectivity index (χ1) is 6.67. The molecule has 1 aromatic heterocycles. The van der Waals surface area contributed by atoms with Gasteiger partial charge in [-0.3, -0.25) is 4.79 Å². The normalized spacial score (nSPS) is 9.21. The highest BCUT2D eigenvalue weighted by atomic mass is 79.9. The lowest BCUT2D eigenvalue weighted by atomic mass is 10.2. The Morgan fingerprint density at radius 3 is 3.00 bits per heavy atom. The van der Waals surface area contributed by atoms with Crippen molar-refractivity contribution in [1.82, 2.24) is 4.98 Å². The van der Waals surface area contributed by atoms with Crippen LogP contribution in [-0.4, -0.2) is 18.1 Å². The number of methoxy groups -OCH3 is 1. The van der Waals surface area contributed by atoms with Crippen molar-refractivity contribution in [1.29, 1.82) is 5.26 Å². The van der Waals surface area contributed by atoms with E-state index < -0.39 is 0 Å². The number of nitrogens with zero attached hydrogens (tertiary/aromatic N) is 2. The fourth-order valence-corrected chi connectivity index (χ4v) is 1.19. The summed E-state index contributed by atoms with van der Waals surface area (Å²) in [6.45, 7) is 0. The summed E-state index contributed by atoms with van der Waals surface area (Å²) in [5, 5.41) is 8.68. The van der Waals surface area contributed by atoms with Crippen LogP contribution in [0.2, 0.25) is 0 Å². The van der Waals surface area contributed by atoms with E-state index in [1.54, 1.807) is 12.1 Å². The van der Waals surface area contributed by atoms with Crippen LogP contribution in [0, 0.1) is 11.3 Å². The Balaban J connectivity index is 2.91. The number of ether oxygens (including phenoxy) is 1. The van der Waals surface area contributed by atoms with Crippen LogP contribution >= 0.6 is 15.9 Å². The molecule has 0 fully saturated rings. The summed E-state index contributed by atoms with van der Waals surface area (Å²) in [7, 11) is 1.31. The number of nitriles is 1. The van der Waals surface area contributed by atoms with Gasteiger partial charge in [-0.05, 0) is 28.1 Å². The number of pyridine rings is 1. The molecule has 0 saturated heterocycles. The minimum Gasteiger partial charge on any atom is -0.469 e. The minimum atomic E-state index is -0.372. The fourth-order valence-electron chi connectivity index (χ4n) is 0.879. The summed E-state index contributed by atoms with van der Waals surface area (Å²) < 4.78 is 5.10. The molecule has 0 N–H and O–H groups in total. The molecule has 0 aliphatic carbocycles. The van der Waals surface area contributed by atoms with Crippen molar-refractivity contribution in [2.24, 2.45) is 0 Å². The molecular formula is C9H7BrN2O2. The summed E-state index contributed by atoms with van der Waals surface area (Å²) in [5.74, 6) is -0.372. The lowest BCUT2D eigenvalue weighted by molar-refractivity contribution is -0.139. The maximum atomic E-state index is 10.9. The van der Waals surface area contributed by atoms with Crippen LogP contribution in [0.25, 0.3) is 0 Å². The van der Waals surface area contributed by atoms with E-state index in [4.69, 9.17) is 5.26 Å². The Morgan fingerprint density at radius 1 is 1.71 bits per heavy atom. The third-order valence-electron chi connectivity index (χ3n) is 1.56. The molecule has 0 unspecified atom stereocenters. The Kier molecular flexibility index (Phi) is 3.60. The lowest BCUT2D eigenvalue weighted by Gasteiger charge is -2.00. The van der Waals surface area contributed by atoms with Crippen LogP contribution in [0.4, 0.5) is 0 Å². The van der Waals surface area contributed by atoms with E-state index in [0.717, 1.165) is 0 Å². The topological polar surface area (TPSA) is 63.0 Å². The quantitative estimate of drug-likeness (QED) is 0.750. The number of hydrogen-bond acceptors (Lipinski definition) is 4. The zero-order valence-corrected chi connectivity index (χ0v) is 9.04. The molecule has 0 atom stereocenters. The van der Waals surface area contributed by atoms with Crippen molar-refractivity contribution in [2.45, 2.75) is 6.42 Å². The van der Waals surface area contributed by atoms with Crippen LogP contribution in [0.3, 0.4) is 0 Å². The number of esters is 1. The van der Waals surface area contributed by atoms with Crippen molar-refractivity contribution in [3.8, 4) is 6.07 Å². The van der Waals surface area contributed by atoms with Gasteiger partial charge in [-0.25, -0.2) is 4.98 Å². The first-order valence-electron chi connectivity index (χ1n) is 3.79. The Bertz CT molecular complexity index is 398. The molecule has 1 aromatic rings. The minimum absolute atomic E-state index is 0.0818. The first kappa shape index (κ1) is 10.7. The average Bonchev–Trinajstić information content (AvgIpc) is 2.20. The zero-order chi connectivity index (χ0) is 10.6. The van der Waals surface area contributed by atoms with Crippen LogP contribution in [-0.2, 0) is 16.0 Å². The number of rotatable bonds is 2. The van der Waals surface area contributed by atoms with E-state index in [9.17, 15) is 4.79 Å². The largest absolute Gasteiger partial charge is 0.469 e. The van der Waals surface area contributed by atoms with E-state index >= 15 is 0 Å². The maximum Gasteiger partial charge on any atom is 0.311 e. The van der Waals surface area contributed by atoms with E-state index in [1.165, 1.54) is 7.11 Å². The Hall–Kier alpha value is -1.41. The molecule has 4 nitrogen and oxygen atoms in total. The average molecular weight is 255 g/mol. The Labute approximate surface area is 89.6 Å². The number of carbonyl (C=O) groups is 1. The van der Waals surface area contributed by atoms with E-state index in [1.807, 2.05) is 6.07 Å². The van der Waals surface area contributed by atoms with Gasteiger partial charge in [0.05, 0.1) is 23.7 Å². The molecular weight excluding hydrogens is 248 g/mol. The van der Waals surface area contributed by atoms with Crippen molar-refractivity contribution in [3.63, 3.8) is 0 Å². The van der Waals surface area contributed by atoms with Crippen molar-refractivity contribution in [3.05, 3.63) is 28.0 Å². The second kappa shape index (κ2) is 4.72. The molecule has 14 heavy (non-hydrogen) atoms. The second-order valence-corrected chi connectivity index (χ2v) is 3.35. The highest BCUT2D eigenvalue weighted by Crippen LogP contribution is 2.14. The van der Waals surface area contributed by atoms with Crippen LogP contribution in [0.15, 0.2) is 16.6 Å². The number of carbonyl (C=O) groups excluding carboxylic acids is 1. The summed E-state index contributed by atoms with van der Waals surface area (Å²) in [6, 6.07) is 5.27. The van der Waals surface area contributed by atoms with Gasteiger partial charge in [-0.1, -0.05) is 0 Å². The Morgan fingerprint density at radius 2 is 2.43 bits per heavy atom.